The van der Waals surface area contributed by atoms with Gasteiger partial charge < -0.3 is 4.18 Å². The van der Waals surface area contributed by atoms with Gasteiger partial charge in [-0.25, -0.2) is 0 Å². The first-order chi connectivity index (χ1) is 9.83. The fourth-order valence-electron chi connectivity index (χ4n) is 1.98. The molecule has 112 valence electrons. The highest BCUT2D eigenvalue weighted by Gasteiger charge is 2.20. The molecule has 0 amide bonds. The summed E-state index contributed by atoms with van der Waals surface area (Å²) in [6.07, 6.45) is 0.901. The minimum atomic E-state index is -3.82. The van der Waals surface area contributed by atoms with Crippen LogP contribution in [0.25, 0.3) is 0 Å². The molecule has 2 aromatic carbocycles. The summed E-state index contributed by atoms with van der Waals surface area (Å²) >= 11 is 3.39. The van der Waals surface area contributed by atoms with Crippen LogP contribution in [0, 0.1) is 13.8 Å². The summed E-state index contributed by atoms with van der Waals surface area (Å²) < 4.78 is 30.9. The van der Waals surface area contributed by atoms with Crippen molar-refractivity contribution in [2.45, 2.75) is 32.1 Å². The molecular formula is C16H17BrO3S. The molecule has 0 N–H and O–H groups in total. The molecule has 0 fully saturated rings. The minimum Gasteiger partial charge on any atom is -0.379 e. The molecule has 3 nitrogen and oxygen atoms in total. The Morgan fingerprint density at radius 3 is 2.24 bits per heavy atom. The third-order valence-corrected chi connectivity index (χ3v) is 5.51. The lowest BCUT2D eigenvalue weighted by Gasteiger charge is -2.11. The van der Waals surface area contributed by atoms with E-state index in [2.05, 4.69) is 15.9 Å². The van der Waals surface area contributed by atoms with Crippen LogP contribution in [-0.4, -0.2) is 8.42 Å². The van der Waals surface area contributed by atoms with Crippen LogP contribution in [0.2, 0.25) is 0 Å². The van der Waals surface area contributed by atoms with Crippen molar-refractivity contribution in [3.63, 3.8) is 0 Å². The molecule has 21 heavy (non-hydrogen) atoms. The zero-order chi connectivity index (χ0) is 15.6. The molecule has 0 heterocycles. The summed E-state index contributed by atoms with van der Waals surface area (Å²) in [6, 6.07) is 10.5. The van der Waals surface area contributed by atoms with E-state index in [-0.39, 0.29) is 4.90 Å². The van der Waals surface area contributed by atoms with E-state index in [0.717, 1.165) is 22.0 Å². The first-order valence-corrected chi connectivity index (χ1v) is 8.84. The van der Waals surface area contributed by atoms with E-state index in [1.807, 2.05) is 26.0 Å². The molecule has 5 heteroatoms. The zero-order valence-corrected chi connectivity index (χ0v) is 14.6. The van der Waals surface area contributed by atoms with Crippen LogP contribution in [-0.2, 0) is 16.5 Å². The maximum Gasteiger partial charge on any atom is 0.339 e. The van der Waals surface area contributed by atoms with Gasteiger partial charge in [0.2, 0.25) is 0 Å². The number of halogens is 1. The van der Waals surface area contributed by atoms with Crippen molar-refractivity contribution in [1.82, 2.24) is 0 Å². The summed E-state index contributed by atoms with van der Waals surface area (Å²) in [7, 11) is -3.82. The Morgan fingerprint density at radius 2 is 1.67 bits per heavy atom. The number of hydrogen-bond donors (Lipinski definition) is 0. The van der Waals surface area contributed by atoms with E-state index in [9.17, 15) is 8.42 Å². The molecule has 2 aromatic rings. The van der Waals surface area contributed by atoms with Gasteiger partial charge in [0.15, 0.2) is 0 Å². The van der Waals surface area contributed by atoms with E-state index in [4.69, 9.17) is 4.18 Å². The largest absolute Gasteiger partial charge is 0.379 e. The third kappa shape index (κ3) is 3.66. The van der Waals surface area contributed by atoms with Gasteiger partial charge >= 0.3 is 10.1 Å². The lowest BCUT2D eigenvalue weighted by Crippen LogP contribution is -2.11. The average Bonchev–Trinajstić information content (AvgIpc) is 2.43. The monoisotopic (exact) mass is 368 g/mol. The van der Waals surface area contributed by atoms with Crippen LogP contribution >= 0.6 is 15.9 Å². The lowest BCUT2D eigenvalue weighted by atomic mass is 10.2. The molecule has 0 aliphatic rings. The van der Waals surface area contributed by atoms with Crippen LogP contribution in [0.15, 0.2) is 45.8 Å². The van der Waals surface area contributed by atoms with Gasteiger partial charge in [0, 0.05) is 4.47 Å². The van der Waals surface area contributed by atoms with Gasteiger partial charge in [-0.05, 0) is 61.2 Å². The zero-order valence-electron chi connectivity index (χ0n) is 12.2. The van der Waals surface area contributed by atoms with Gasteiger partial charge in [0.05, 0.1) is 0 Å². The molecule has 0 aliphatic heterocycles. The lowest BCUT2D eigenvalue weighted by molar-refractivity contribution is 0.485. The molecule has 0 radical (unpaired) electrons. The second-order valence-corrected chi connectivity index (χ2v) is 7.27. The molecule has 0 unspecified atom stereocenters. The average molecular weight is 369 g/mol. The highest BCUT2D eigenvalue weighted by Crippen LogP contribution is 2.26. The van der Waals surface area contributed by atoms with Crippen molar-refractivity contribution < 1.29 is 12.6 Å². The van der Waals surface area contributed by atoms with Gasteiger partial charge in [0.25, 0.3) is 0 Å². The van der Waals surface area contributed by atoms with Crippen molar-refractivity contribution in [1.29, 1.82) is 0 Å². The maximum absolute atomic E-state index is 12.4. The summed E-state index contributed by atoms with van der Waals surface area (Å²) in [6.45, 7) is 5.64. The van der Waals surface area contributed by atoms with Crippen LogP contribution in [0.3, 0.4) is 0 Å². The smallest absolute Gasteiger partial charge is 0.339 e. The van der Waals surface area contributed by atoms with E-state index < -0.39 is 10.1 Å². The van der Waals surface area contributed by atoms with E-state index in [1.54, 1.807) is 31.2 Å². The fraction of sp³-hybridized carbons (Fsp3) is 0.250. The molecule has 0 aromatic heterocycles. The highest BCUT2D eigenvalue weighted by molar-refractivity contribution is 9.10. The normalized spacial score (nSPS) is 11.4. The van der Waals surface area contributed by atoms with E-state index >= 15 is 0 Å². The topological polar surface area (TPSA) is 43.4 Å². The Labute approximate surface area is 134 Å². The third-order valence-electron chi connectivity index (χ3n) is 3.26. The first kappa shape index (κ1) is 16.0. The number of aryl methyl sites for hydroxylation is 3. The van der Waals surface area contributed by atoms with Crippen LogP contribution in [0.1, 0.15) is 23.6 Å². The summed E-state index contributed by atoms with van der Waals surface area (Å²) in [5.74, 6) is 0.326. The predicted molar refractivity (Wildman–Crippen MR) is 87.2 cm³/mol. The second-order valence-electron chi connectivity index (χ2n) is 4.90. The number of rotatable bonds is 4. The summed E-state index contributed by atoms with van der Waals surface area (Å²) in [5.41, 5.74) is 2.64. The number of benzene rings is 2. The van der Waals surface area contributed by atoms with E-state index in [0.29, 0.717) is 11.3 Å². The van der Waals surface area contributed by atoms with Crippen LogP contribution in [0.5, 0.6) is 5.75 Å². The SMILES string of the molecule is CCc1ccc(OS(=O)(=O)c2cc(C)c(Br)cc2C)cc1. The Bertz CT molecular complexity index is 750. The Hall–Kier alpha value is -1.33. The van der Waals surface area contributed by atoms with Gasteiger partial charge in [-0.3, -0.25) is 0 Å². The molecular weight excluding hydrogens is 352 g/mol. The van der Waals surface area contributed by atoms with Gasteiger partial charge in [0.1, 0.15) is 10.6 Å². The quantitative estimate of drug-likeness (QED) is 0.751. The van der Waals surface area contributed by atoms with E-state index in [1.165, 1.54) is 0 Å². The Balaban J connectivity index is 2.35. The Kier molecular flexibility index (Phi) is 4.74. The van der Waals surface area contributed by atoms with Crippen LogP contribution < -0.4 is 4.18 Å². The van der Waals surface area contributed by atoms with Crippen molar-refractivity contribution in [3.05, 3.63) is 57.6 Å². The van der Waals surface area contributed by atoms with Gasteiger partial charge in [-0.2, -0.15) is 8.42 Å². The van der Waals surface area contributed by atoms with Crippen LogP contribution in [0.4, 0.5) is 0 Å². The minimum absolute atomic E-state index is 0.197. The van der Waals surface area contributed by atoms with Crippen molar-refractivity contribution >= 4 is 26.0 Å². The first-order valence-electron chi connectivity index (χ1n) is 6.63. The van der Waals surface area contributed by atoms with Crippen molar-refractivity contribution in [2.75, 3.05) is 0 Å². The van der Waals surface area contributed by atoms with Crippen molar-refractivity contribution in [2.24, 2.45) is 0 Å². The number of hydrogen-bond acceptors (Lipinski definition) is 3. The van der Waals surface area contributed by atoms with Gasteiger partial charge in [-0.15, -0.1) is 0 Å². The summed E-state index contributed by atoms with van der Waals surface area (Å²) in [4.78, 5) is 0.197. The molecule has 0 saturated carbocycles. The maximum atomic E-state index is 12.4. The molecule has 2 rings (SSSR count). The fourth-order valence-corrected chi connectivity index (χ4v) is 3.66. The molecule has 0 aliphatic carbocycles. The molecule has 0 spiro atoms. The predicted octanol–water partition coefficient (Wildman–Crippen LogP) is 4.40. The highest BCUT2D eigenvalue weighted by atomic mass is 79.9. The summed E-state index contributed by atoms with van der Waals surface area (Å²) in [5, 5.41) is 0. The molecule has 0 saturated heterocycles. The van der Waals surface area contributed by atoms with Crippen molar-refractivity contribution in [3.8, 4) is 5.75 Å². The standard InChI is InChI=1S/C16H17BrO3S/c1-4-13-5-7-14(8-6-13)20-21(18,19)16-10-11(2)15(17)9-12(16)3/h5-10H,4H2,1-3H3. The van der Waals surface area contributed by atoms with Gasteiger partial charge in [-0.1, -0.05) is 35.0 Å². The molecule has 0 bridgehead atoms. The molecule has 0 atom stereocenters. The Morgan fingerprint density at radius 1 is 1.05 bits per heavy atom. The second kappa shape index (κ2) is 6.20.